The molecule has 146 valence electrons. The van der Waals surface area contributed by atoms with Crippen LogP contribution in [0.1, 0.15) is 0 Å². The Balaban J connectivity index is 2.11. The number of aromatic hydroxyl groups is 1. The highest BCUT2D eigenvalue weighted by atomic mass is 16.5. The number of phenols is 1. The van der Waals surface area contributed by atoms with E-state index in [4.69, 9.17) is 4.74 Å². The van der Waals surface area contributed by atoms with Gasteiger partial charge in [-0.2, -0.15) is 0 Å². The van der Waals surface area contributed by atoms with Crippen molar-refractivity contribution in [1.82, 2.24) is 14.1 Å². The molecule has 1 N–H and O–H groups in total. The fraction of sp³-hybridized carbons (Fsp3) is 0.136. The van der Waals surface area contributed by atoms with E-state index in [1.807, 2.05) is 30.3 Å². The van der Waals surface area contributed by atoms with Crippen molar-refractivity contribution >= 4 is 11.0 Å². The molecule has 0 aliphatic carbocycles. The van der Waals surface area contributed by atoms with E-state index in [0.29, 0.717) is 28.0 Å². The zero-order valence-electron chi connectivity index (χ0n) is 16.2. The number of aromatic nitrogens is 3. The Morgan fingerprint density at radius 3 is 2.14 bits per heavy atom. The topological polar surface area (TPSA) is 86.3 Å². The lowest BCUT2D eigenvalue weighted by atomic mass is 10.00. The molecule has 0 amide bonds. The number of fused-ring (bicyclic) bond motifs is 1. The third-order valence-corrected chi connectivity index (χ3v) is 4.97. The molecule has 0 bridgehead atoms. The summed E-state index contributed by atoms with van der Waals surface area (Å²) >= 11 is 0. The van der Waals surface area contributed by atoms with Gasteiger partial charge in [0, 0.05) is 25.2 Å². The molecule has 0 atom stereocenters. The minimum Gasteiger partial charge on any atom is -0.508 e. The molecule has 0 radical (unpaired) electrons. The number of ether oxygens (including phenoxy) is 1. The average molecular weight is 389 g/mol. The molecule has 0 fully saturated rings. The molecule has 4 aromatic rings. The number of methoxy groups -OCH3 is 1. The predicted molar refractivity (Wildman–Crippen MR) is 111 cm³/mol. The molecular formula is C22H19N3O4. The summed E-state index contributed by atoms with van der Waals surface area (Å²) in [7, 11) is 4.64. The molecular weight excluding hydrogens is 370 g/mol. The first-order chi connectivity index (χ1) is 13.9. The van der Waals surface area contributed by atoms with Gasteiger partial charge in [0.15, 0.2) is 5.65 Å². The van der Waals surface area contributed by atoms with Crippen LogP contribution in [0.15, 0.2) is 64.2 Å². The van der Waals surface area contributed by atoms with E-state index in [-0.39, 0.29) is 5.75 Å². The van der Waals surface area contributed by atoms with Gasteiger partial charge in [0.2, 0.25) is 0 Å². The van der Waals surface area contributed by atoms with Gasteiger partial charge >= 0.3 is 5.69 Å². The number of pyridine rings is 1. The SMILES string of the molecule is COc1ccc(-c2cc(-c3ccc(O)cc3)nc3c2c(=O)n(C)c(=O)n3C)cc1. The highest BCUT2D eigenvalue weighted by molar-refractivity contribution is 5.94. The second-order valence-electron chi connectivity index (χ2n) is 6.73. The smallest absolute Gasteiger partial charge is 0.332 e. The number of aryl methyl sites for hydroxylation is 1. The van der Waals surface area contributed by atoms with Crippen molar-refractivity contribution in [2.24, 2.45) is 14.1 Å². The van der Waals surface area contributed by atoms with Crippen molar-refractivity contribution < 1.29 is 9.84 Å². The summed E-state index contributed by atoms with van der Waals surface area (Å²) < 4.78 is 7.68. The Hall–Kier alpha value is -3.87. The van der Waals surface area contributed by atoms with Gasteiger partial charge in [0.05, 0.1) is 18.2 Å². The zero-order valence-corrected chi connectivity index (χ0v) is 16.2. The van der Waals surface area contributed by atoms with Gasteiger partial charge in [0.25, 0.3) is 5.56 Å². The van der Waals surface area contributed by atoms with E-state index < -0.39 is 11.2 Å². The van der Waals surface area contributed by atoms with E-state index in [1.165, 1.54) is 11.6 Å². The van der Waals surface area contributed by atoms with Crippen LogP contribution < -0.4 is 16.0 Å². The summed E-state index contributed by atoms with van der Waals surface area (Å²) in [5.74, 6) is 0.845. The van der Waals surface area contributed by atoms with Gasteiger partial charge in [-0.25, -0.2) is 9.78 Å². The first kappa shape index (κ1) is 18.5. The fourth-order valence-electron chi connectivity index (χ4n) is 3.33. The van der Waals surface area contributed by atoms with Crippen molar-refractivity contribution in [2.75, 3.05) is 7.11 Å². The fourth-order valence-corrected chi connectivity index (χ4v) is 3.33. The van der Waals surface area contributed by atoms with E-state index >= 15 is 0 Å². The van der Waals surface area contributed by atoms with Gasteiger partial charge in [-0.1, -0.05) is 12.1 Å². The van der Waals surface area contributed by atoms with Crippen molar-refractivity contribution in [1.29, 1.82) is 0 Å². The van der Waals surface area contributed by atoms with Crippen LogP contribution in [0.4, 0.5) is 0 Å². The predicted octanol–water partition coefficient (Wildman–Crippen LogP) is 2.68. The molecule has 29 heavy (non-hydrogen) atoms. The van der Waals surface area contributed by atoms with Crippen LogP contribution in [0.2, 0.25) is 0 Å². The number of benzene rings is 2. The minimum absolute atomic E-state index is 0.145. The maximum absolute atomic E-state index is 13.0. The minimum atomic E-state index is -0.446. The molecule has 2 heterocycles. The Morgan fingerprint density at radius 2 is 1.52 bits per heavy atom. The van der Waals surface area contributed by atoms with Gasteiger partial charge in [-0.15, -0.1) is 0 Å². The molecule has 7 nitrogen and oxygen atoms in total. The van der Waals surface area contributed by atoms with Crippen LogP contribution in [-0.4, -0.2) is 26.3 Å². The van der Waals surface area contributed by atoms with Gasteiger partial charge < -0.3 is 9.84 Å². The van der Waals surface area contributed by atoms with Gasteiger partial charge in [0.1, 0.15) is 11.5 Å². The summed E-state index contributed by atoms with van der Waals surface area (Å²) in [5.41, 5.74) is 2.26. The third-order valence-electron chi connectivity index (χ3n) is 4.97. The lowest BCUT2D eigenvalue weighted by Crippen LogP contribution is -2.37. The summed E-state index contributed by atoms with van der Waals surface area (Å²) in [6.07, 6.45) is 0. The standard InChI is InChI=1S/C22H19N3O4/c1-24-20-19(21(27)25(2)22(24)28)17(13-6-10-16(29-3)11-7-13)12-18(23-20)14-4-8-15(26)9-5-14/h4-12,26H,1-3H3. The van der Waals surface area contributed by atoms with E-state index in [0.717, 1.165) is 15.7 Å². The average Bonchev–Trinajstić information content (AvgIpc) is 2.76. The normalized spacial score (nSPS) is 11.0. The number of nitrogens with zero attached hydrogens (tertiary/aromatic N) is 3. The highest BCUT2D eigenvalue weighted by Gasteiger charge is 2.17. The van der Waals surface area contributed by atoms with Gasteiger partial charge in [-0.3, -0.25) is 13.9 Å². The number of hydrogen-bond donors (Lipinski definition) is 1. The van der Waals surface area contributed by atoms with Crippen molar-refractivity contribution in [2.45, 2.75) is 0 Å². The van der Waals surface area contributed by atoms with Gasteiger partial charge in [-0.05, 0) is 48.0 Å². The second-order valence-corrected chi connectivity index (χ2v) is 6.73. The van der Waals surface area contributed by atoms with E-state index in [9.17, 15) is 14.7 Å². The third kappa shape index (κ3) is 3.06. The van der Waals surface area contributed by atoms with Crippen LogP contribution >= 0.6 is 0 Å². The summed E-state index contributed by atoms with van der Waals surface area (Å²) in [6.45, 7) is 0. The monoisotopic (exact) mass is 389 g/mol. The molecule has 0 saturated carbocycles. The summed E-state index contributed by atoms with van der Waals surface area (Å²) in [4.78, 5) is 30.0. The second kappa shape index (κ2) is 6.94. The number of rotatable bonds is 3. The Kier molecular flexibility index (Phi) is 4.43. The van der Waals surface area contributed by atoms with Crippen LogP contribution in [0, 0.1) is 0 Å². The van der Waals surface area contributed by atoms with E-state index in [1.54, 1.807) is 38.4 Å². The molecule has 0 aliphatic rings. The molecule has 2 aromatic carbocycles. The van der Waals surface area contributed by atoms with Crippen LogP contribution in [0.3, 0.4) is 0 Å². The number of hydrogen-bond acceptors (Lipinski definition) is 5. The van der Waals surface area contributed by atoms with Crippen molar-refractivity contribution in [3.05, 3.63) is 75.4 Å². The molecule has 7 heteroatoms. The van der Waals surface area contributed by atoms with Crippen LogP contribution in [0.25, 0.3) is 33.4 Å². The lowest BCUT2D eigenvalue weighted by Gasteiger charge is -2.14. The van der Waals surface area contributed by atoms with Crippen molar-refractivity contribution in [3.8, 4) is 33.9 Å². The maximum atomic E-state index is 13.0. The first-order valence-electron chi connectivity index (χ1n) is 8.95. The molecule has 0 unspecified atom stereocenters. The van der Waals surface area contributed by atoms with Crippen molar-refractivity contribution in [3.63, 3.8) is 0 Å². The molecule has 2 aromatic heterocycles. The number of phenolic OH excluding ortho intramolecular Hbond substituents is 1. The molecule has 0 spiro atoms. The Bertz CT molecular complexity index is 1330. The first-order valence-corrected chi connectivity index (χ1v) is 8.95. The highest BCUT2D eigenvalue weighted by Crippen LogP contribution is 2.31. The van der Waals surface area contributed by atoms with Crippen LogP contribution in [-0.2, 0) is 14.1 Å². The summed E-state index contributed by atoms with van der Waals surface area (Å²) in [5, 5.41) is 9.95. The maximum Gasteiger partial charge on any atom is 0.332 e. The Morgan fingerprint density at radius 1 is 0.897 bits per heavy atom. The largest absolute Gasteiger partial charge is 0.508 e. The zero-order chi connectivity index (χ0) is 20.7. The lowest BCUT2D eigenvalue weighted by molar-refractivity contribution is 0.415. The Labute approximate surface area is 166 Å². The summed E-state index contributed by atoms with van der Waals surface area (Å²) in [6, 6.07) is 15.8. The molecule has 4 rings (SSSR count). The molecule has 0 saturated heterocycles. The van der Waals surface area contributed by atoms with Crippen LogP contribution in [0.5, 0.6) is 11.5 Å². The van der Waals surface area contributed by atoms with E-state index in [2.05, 4.69) is 4.98 Å². The quantitative estimate of drug-likeness (QED) is 0.582. The molecule has 0 aliphatic heterocycles.